The highest BCUT2D eigenvalue weighted by Crippen LogP contribution is 2.13. The van der Waals surface area contributed by atoms with Crippen LogP contribution in [0.15, 0.2) is 36.0 Å². The van der Waals surface area contributed by atoms with Crippen LogP contribution in [-0.4, -0.2) is 11.1 Å². The van der Waals surface area contributed by atoms with Gasteiger partial charge >= 0.3 is 5.97 Å². The third-order valence-electron chi connectivity index (χ3n) is 3.15. The molecule has 0 rings (SSSR count). The van der Waals surface area contributed by atoms with E-state index in [2.05, 4.69) is 32.6 Å². The van der Waals surface area contributed by atoms with Crippen molar-refractivity contribution in [2.75, 3.05) is 0 Å². The molecule has 0 unspecified atom stereocenters. The fraction of sp³-hybridized carbons (Fsp3) is 0.588. The van der Waals surface area contributed by atoms with Gasteiger partial charge in [0, 0.05) is 6.42 Å². The van der Waals surface area contributed by atoms with E-state index in [1.54, 1.807) is 0 Å². The third-order valence-corrected chi connectivity index (χ3v) is 3.15. The summed E-state index contributed by atoms with van der Waals surface area (Å²) in [6.45, 7) is 8.01. The highest BCUT2D eigenvalue weighted by molar-refractivity contribution is 5.66. The van der Waals surface area contributed by atoms with E-state index in [1.807, 2.05) is 6.08 Å². The quantitative estimate of drug-likeness (QED) is 0.313. The van der Waals surface area contributed by atoms with E-state index in [0.29, 0.717) is 6.42 Å². The molecule has 1 N–H and O–H groups in total. The Morgan fingerprint density at radius 3 is 2.21 bits per heavy atom. The van der Waals surface area contributed by atoms with Gasteiger partial charge in [0.05, 0.1) is 0 Å². The summed E-state index contributed by atoms with van der Waals surface area (Å²) >= 11 is 0. The van der Waals surface area contributed by atoms with Crippen LogP contribution in [0.2, 0.25) is 0 Å². The summed E-state index contributed by atoms with van der Waals surface area (Å²) in [4.78, 5) is 10.3. The van der Waals surface area contributed by atoms with Crippen molar-refractivity contribution in [2.24, 2.45) is 0 Å². The molecule has 0 aliphatic carbocycles. The number of hydrogen-bond donors (Lipinski definition) is 1. The van der Waals surface area contributed by atoms with Gasteiger partial charge in [-0.2, -0.15) is 0 Å². The second-order valence-corrected chi connectivity index (χ2v) is 5.15. The first-order chi connectivity index (χ1) is 9.06. The molecule has 0 aliphatic heterocycles. The number of carbonyl (C=O) groups is 1. The molecule has 108 valence electrons. The van der Waals surface area contributed by atoms with E-state index in [0.717, 1.165) is 38.5 Å². The second-order valence-electron chi connectivity index (χ2n) is 5.15. The van der Waals surface area contributed by atoms with Crippen molar-refractivity contribution in [2.45, 2.75) is 65.2 Å². The molecular formula is C17H28O2. The van der Waals surface area contributed by atoms with Gasteiger partial charge < -0.3 is 5.11 Å². The predicted molar refractivity (Wildman–Crippen MR) is 82.3 cm³/mol. The zero-order valence-electron chi connectivity index (χ0n) is 12.5. The normalized spacial score (nSPS) is 12.5. The minimum absolute atomic E-state index is 0.309. The molecule has 0 amide bonds. The number of unbranched alkanes of at least 4 members (excludes halogenated alkanes) is 3. The Morgan fingerprint density at radius 1 is 1.00 bits per heavy atom. The molecular weight excluding hydrogens is 236 g/mol. The molecule has 0 spiro atoms. The van der Waals surface area contributed by atoms with Crippen LogP contribution >= 0.6 is 0 Å². The lowest BCUT2D eigenvalue weighted by Crippen LogP contribution is -1.93. The number of rotatable bonds is 11. The maximum atomic E-state index is 10.3. The van der Waals surface area contributed by atoms with Crippen LogP contribution in [0.5, 0.6) is 0 Å². The molecule has 0 aromatic rings. The van der Waals surface area contributed by atoms with E-state index < -0.39 is 5.97 Å². The Kier molecular flexibility index (Phi) is 11.0. The van der Waals surface area contributed by atoms with E-state index in [-0.39, 0.29) is 0 Å². The molecule has 0 heterocycles. The molecule has 0 atom stereocenters. The van der Waals surface area contributed by atoms with E-state index in [1.165, 1.54) is 17.6 Å². The number of allylic oxidation sites excluding steroid dienone is 5. The lowest BCUT2D eigenvalue weighted by Gasteiger charge is -2.02. The van der Waals surface area contributed by atoms with Crippen LogP contribution in [0.1, 0.15) is 65.2 Å². The maximum absolute atomic E-state index is 10.3. The van der Waals surface area contributed by atoms with E-state index >= 15 is 0 Å². The number of carboxylic acid groups (broad SMARTS) is 1. The molecule has 2 heteroatoms. The Bertz CT molecular complexity index is 324. The zero-order valence-corrected chi connectivity index (χ0v) is 12.5. The van der Waals surface area contributed by atoms with Gasteiger partial charge in [-0.15, -0.1) is 0 Å². The van der Waals surface area contributed by atoms with Crippen molar-refractivity contribution in [1.82, 2.24) is 0 Å². The van der Waals surface area contributed by atoms with Crippen LogP contribution in [0.4, 0.5) is 0 Å². The number of aliphatic carboxylic acids is 1. The average Bonchev–Trinajstić information content (AvgIpc) is 2.33. The highest BCUT2D eigenvalue weighted by Gasteiger charge is 1.97. The van der Waals surface area contributed by atoms with E-state index in [4.69, 9.17) is 5.11 Å². The lowest BCUT2D eigenvalue weighted by atomic mass is 10.0. The summed E-state index contributed by atoms with van der Waals surface area (Å²) in [6.07, 6.45) is 14.0. The van der Waals surface area contributed by atoms with Crippen LogP contribution < -0.4 is 0 Å². The molecule has 0 fully saturated rings. The van der Waals surface area contributed by atoms with Gasteiger partial charge in [0.1, 0.15) is 0 Å². The summed E-state index contributed by atoms with van der Waals surface area (Å²) in [5, 5.41) is 8.52. The average molecular weight is 264 g/mol. The molecule has 0 bridgehead atoms. The van der Waals surface area contributed by atoms with Crippen molar-refractivity contribution < 1.29 is 9.90 Å². The van der Waals surface area contributed by atoms with Gasteiger partial charge in [-0.25, -0.2) is 0 Å². The number of hydrogen-bond acceptors (Lipinski definition) is 1. The fourth-order valence-electron chi connectivity index (χ4n) is 1.97. The Balaban J connectivity index is 3.57. The van der Waals surface area contributed by atoms with Crippen molar-refractivity contribution in [3.8, 4) is 0 Å². The van der Waals surface area contributed by atoms with Crippen molar-refractivity contribution in [1.29, 1.82) is 0 Å². The van der Waals surface area contributed by atoms with Gasteiger partial charge in [0.2, 0.25) is 0 Å². The predicted octanol–water partition coefficient (Wildman–Crippen LogP) is 5.27. The van der Waals surface area contributed by atoms with Gasteiger partial charge in [0.25, 0.3) is 0 Å². The van der Waals surface area contributed by atoms with E-state index in [9.17, 15) is 4.79 Å². The van der Waals surface area contributed by atoms with Crippen LogP contribution in [0.3, 0.4) is 0 Å². The van der Waals surface area contributed by atoms with Gasteiger partial charge in [-0.05, 0) is 46.0 Å². The first-order valence-corrected chi connectivity index (χ1v) is 7.22. The monoisotopic (exact) mass is 264 g/mol. The molecule has 0 saturated carbocycles. The smallest absolute Gasteiger partial charge is 0.303 e. The SMILES string of the molecule is C=CC=C(C)CCC=C(C)CCCCCCC(=O)O. The molecule has 0 aromatic carbocycles. The summed E-state index contributed by atoms with van der Waals surface area (Å²) in [6, 6.07) is 0. The van der Waals surface area contributed by atoms with Crippen LogP contribution in [-0.2, 0) is 4.79 Å². The van der Waals surface area contributed by atoms with Crippen LogP contribution in [0.25, 0.3) is 0 Å². The molecule has 0 radical (unpaired) electrons. The van der Waals surface area contributed by atoms with Crippen molar-refractivity contribution in [3.63, 3.8) is 0 Å². The number of carboxylic acids is 1. The highest BCUT2D eigenvalue weighted by atomic mass is 16.4. The summed E-state index contributed by atoms with van der Waals surface area (Å²) in [5.41, 5.74) is 2.82. The van der Waals surface area contributed by atoms with Gasteiger partial charge in [-0.1, -0.05) is 48.8 Å². The minimum atomic E-state index is -0.681. The molecule has 0 aromatic heterocycles. The van der Waals surface area contributed by atoms with Gasteiger partial charge in [-0.3, -0.25) is 4.79 Å². The fourth-order valence-corrected chi connectivity index (χ4v) is 1.97. The molecule has 2 nitrogen and oxygen atoms in total. The Labute approximate surface area is 117 Å². The topological polar surface area (TPSA) is 37.3 Å². The van der Waals surface area contributed by atoms with Crippen LogP contribution in [0, 0.1) is 0 Å². The summed E-state index contributed by atoms with van der Waals surface area (Å²) in [7, 11) is 0. The van der Waals surface area contributed by atoms with Crippen molar-refractivity contribution >= 4 is 5.97 Å². The first-order valence-electron chi connectivity index (χ1n) is 7.22. The molecule has 19 heavy (non-hydrogen) atoms. The third kappa shape index (κ3) is 12.9. The standard InChI is InChI=1S/C17H28O2/c1-4-10-15(2)12-9-13-16(3)11-7-5-6-8-14-17(18)19/h4,10,13H,1,5-9,11-12,14H2,2-3H3,(H,18,19). The largest absolute Gasteiger partial charge is 0.481 e. The zero-order chi connectivity index (χ0) is 14.5. The summed E-state index contributed by atoms with van der Waals surface area (Å²) < 4.78 is 0. The minimum Gasteiger partial charge on any atom is -0.481 e. The first kappa shape index (κ1) is 17.7. The Hall–Kier alpha value is -1.31. The Morgan fingerprint density at radius 2 is 1.63 bits per heavy atom. The molecule has 0 saturated heterocycles. The maximum Gasteiger partial charge on any atom is 0.303 e. The van der Waals surface area contributed by atoms with Gasteiger partial charge in [0.15, 0.2) is 0 Å². The summed E-state index contributed by atoms with van der Waals surface area (Å²) in [5.74, 6) is -0.681. The second kappa shape index (κ2) is 11.8. The lowest BCUT2D eigenvalue weighted by molar-refractivity contribution is -0.137. The van der Waals surface area contributed by atoms with Crippen molar-refractivity contribution in [3.05, 3.63) is 36.0 Å². The molecule has 0 aliphatic rings.